The maximum atomic E-state index is 13.9. The Hall–Kier alpha value is -1.42. The molecule has 2 fully saturated rings. The van der Waals surface area contributed by atoms with Gasteiger partial charge in [-0.15, -0.1) is 0 Å². The summed E-state index contributed by atoms with van der Waals surface area (Å²) in [6, 6.07) is 6.97. The van der Waals surface area contributed by atoms with E-state index >= 15 is 0 Å². The summed E-state index contributed by atoms with van der Waals surface area (Å²) in [6.45, 7) is 0.315. The molecule has 1 N–H and O–H groups in total. The zero-order chi connectivity index (χ0) is 12.5. The normalized spacial score (nSPS) is 25.1. The van der Waals surface area contributed by atoms with Crippen LogP contribution in [-0.2, 0) is 4.79 Å². The van der Waals surface area contributed by atoms with Crippen molar-refractivity contribution in [2.75, 3.05) is 6.54 Å². The van der Waals surface area contributed by atoms with Crippen LogP contribution in [0.5, 0.6) is 0 Å². The molecule has 1 unspecified atom stereocenters. The van der Waals surface area contributed by atoms with Gasteiger partial charge in [0, 0.05) is 11.6 Å². The minimum absolute atomic E-state index is 0.0927. The summed E-state index contributed by atoms with van der Waals surface area (Å²) in [7, 11) is 0. The lowest BCUT2D eigenvalue weighted by Crippen LogP contribution is -2.38. The summed E-state index contributed by atoms with van der Waals surface area (Å²) in [5.41, 5.74) is 0.579. The summed E-state index contributed by atoms with van der Waals surface area (Å²) < 4.78 is 13.9. The number of amides is 1. The van der Waals surface area contributed by atoms with Crippen molar-refractivity contribution in [1.29, 1.82) is 0 Å². The molecule has 3 rings (SSSR count). The predicted octanol–water partition coefficient (Wildman–Crippen LogP) is 2.20. The summed E-state index contributed by atoms with van der Waals surface area (Å²) in [5, 5.41) is 3.13. The topological polar surface area (TPSA) is 32.3 Å². The number of benzene rings is 1. The van der Waals surface area contributed by atoms with Crippen molar-refractivity contribution in [3.63, 3.8) is 0 Å². The second-order valence-corrected chi connectivity index (χ2v) is 5.04. The molecular formula is C14H17FN2O. The Balaban J connectivity index is 1.91. The zero-order valence-electron chi connectivity index (χ0n) is 10.2. The second kappa shape index (κ2) is 4.69. The van der Waals surface area contributed by atoms with Gasteiger partial charge in [-0.2, -0.15) is 0 Å². The number of rotatable bonds is 2. The molecule has 4 heteroatoms. The van der Waals surface area contributed by atoms with Gasteiger partial charge in [0.2, 0.25) is 5.91 Å². The average molecular weight is 248 g/mol. The van der Waals surface area contributed by atoms with Gasteiger partial charge in [0.05, 0.1) is 6.54 Å². The van der Waals surface area contributed by atoms with Crippen LogP contribution < -0.4 is 5.32 Å². The molecule has 1 atom stereocenters. The Labute approximate surface area is 106 Å². The highest BCUT2D eigenvalue weighted by Gasteiger charge is 2.38. The maximum Gasteiger partial charge on any atom is 0.238 e. The van der Waals surface area contributed by atoms with Gasteiger partial charge in [-0.05, 0) is 18.9 Å². The highest BCUT2D eigenvalue weighted by molar-refractivity contribution is 5.81. The van der Waals surface area contributed by atoms with E-state index in [-0.39, 0.29) is 23.9 Å². The van der Waals surface area contributed by atoms with Crippen LogP contribution in [0.3, 0.4) is 0 Å². The molecule has 0 spiro atoms. The lowest BCUT2D eigenvalue weighted by molar-refractivity contribution is -0.130. The van der Waals surface area contributed by atoms with Gasteiger partial charge in [-0.1, -0.05) is 31.0 Å². The van der Waals surface area contributed by atoms with Gasteiger partial charge in [0.15, 0.2) is 0 Å². The lowest BCUT2D eigenvalue weighted by atomic mass is 10.1. The number of carbonyl (C=O) groups is 1. The molecule has 0 aromatic heterocycles. The SMILES string of the molecule is O=C1CNC(c2ccccc2F)N1C1CCCC1. The number of hydrogen-bond acceptors (Lipinski definition) is 2. The molecular weight excluding hydrogens is 231 g/mol. The highest BCUT2D eigenvalue weighted by atomic mass is 19.1. The fourth-order valence-corrected chi connectivity index (χ4v) is 3.07. The predicted molar refractivity (Wildman–Crippen MR) is 66.2 cm³/mol. The van der Waals surface area contributed by atoms with Crippen LogP contribution in [0, 0.1) is 5.82 Å². The molecule has 96 valence electrons. The largest absolute Gasteiger partial charge is 0.319 e. The van der Waals surface area contributed by atoms with Crippen molar-refractivity contribution in [2.45, 2.75) is 37.9 Å². The van der Waals surface area contributed by atoms with Crippen LogP contribution in [0.15, 0.2) is 24.3 Å². The first-order valence-corrected chi connectivity index (χ1v) is 6.56. The van der Waals surface area contributed by atoms with Crippen molar-refractivity contribution in [1.82, 2.24) is 10.2 Å². The Morgan fingerprint density at radius 3 is 2.67 bits per heavy atom. The molecule has 18 heavy (non-hydrogen) atoms. The van der Waals surface area contributed by atoms with Gasteiger partial charge >= 0.3 is 0 Å². The van der Waals surface area contributed by atoms with Crippen molar-refractivity contribution in [3.05, 3.63) is 35.6 Å². The van der Waals surface area contributed by atoms with Gasteiger partial charge in [-0.3, -0.25) is 10.1 Å². The van der Waals surface area contributed by atoms with E-state index in [4.69, 9.17) is 0 Å². The maximum absolute atomic E-state index is 13.9. The monoisotopic (exact) mass is 248 g/mol. The molecule has 1 saturated carbocycles. The fraction of sp³-hybridized carbons (Fsp3) is 0.500. The van der Waals surface area contributed by atoms with Crippen LogP contribution in [0.4, 0.5) is 4.39 Å². The van der Waals surface area contributed by atoms with Crippen LogP contribution in [0.2, 0.25) is 0 Å². The van der Waals surface area contributed by atoms with Crippen molar-refractivity contribution < 1.29 is 9.18 Å². The number of hydrogen-bond donors (Lipinski definition) is 1. The molecule has 0 radical (unpaired) electrons. The summed E-state index contributed by atoms with van der Waals surface area (Å²) in [6.07, 6.45) is 4.12. The average Bonchev–Trinajstić information content (AvgIpc) is 2.98. The van der Waals surface area contributed by atoms with E-state index in [1.54, 1.807) is 12.1 Å². The van der Waals surface area contributed by atoms with E-state index in [2.05, 4.69) is 5.32 Å². The molecule has 0 bridgehead atoms. The van der Waals surface area contributed by atoms with Gasteiger partial charge in [0.1, 0.15) is 12.0 Å². The smallest absolute Gasteiger partial charge is 0.238 e. The van der Waals surface area contributed by atoms with Gasteiger partial charge in [0.25, 0.3) is 0 Å². The lowest BCUT2D eigenvalue weighted by Gasteiger charge is -2.30. The van der Waals surface area contributed by atoms with Crippen LogP contribution in [0.25, 0.3) is 0 Å². The number of halogens is 1. The minimum atomic E-state index is -0.290. The summed E-state index contributed by atoms with van der Waals surface area (Å²) in [5.74, 6) is -0.150. The van der Waals surface area contributed by atoms with Gasteiger partial charge < -0.3 is 4.90 Å². The zero-order valence-corrected chi connectivity index (χ0v) is 10.2. The first kappa shape index (κ1) is 11.7. The molecule has 1 heterocycles. The Morgan fingerprint density at radius 1 is 1.22 bits per heavy atom. The third-order valence-corrected chi connectivity index (χ3v) is 3.93. The molecule has 1 amide bonds. The third kappa shape index (κ3) is 1.90. The van der Waals surface area contributed by atoms with Crippen molar-refractivity contribution >= 4 is 5.91 Å². The third-order valence-electron chi connectivity index (χ3n) is 3.93. The number of nitrogens with zero attached hydrogens (tertiary/aromatic N) is 1. The fourth-order valence-electron chi connectivity index (χ4n) is 3.07. The standard InChI is InChI=1S/C14H17FN2O/c15-12-8-4-3-7-11(12)14-16-9-13(18)17(14)10-5-1-2-6-10/h3-4,7-8,10,14,16H,1-2,5-6,9H2. The van der Waals surface area contributed by atoms with Crippen molar-refractivity contribution in [3.8, 4) is 0 Å². The van der Waals surface area contributed by atoms with E-state index in [1.807, 2.05) is 11.0 Å². The molecule has 1 saturated heterocycles. The summed E-state index contributed by atoms with van der Waals surface area (Å²) >= 11 is 0. The molecule has 1 aliphatic heterocycles. The highest BCUT2D eigenvalue weighted by Crippen LogP contribution is 2.33. The number of nitrogens with one attached hydrogen (secondary N) is 1. The quantitative estimate of drug-likeness (QED) is 0.870. The number of carbonyl (C=O) groups excluding carboxylic acids is 1. The van der Waals surface area contributed by atoms with E-state index in [0.29, 0.717) is 12.1 Å². The first-order valence-electron chi connectivity index (χ1n) is 6.56. The Morgan fingerprint density at radius 2 is 1.94 bits per heavy atom. The van der Waals surface area contributed by atoms with Crippen LogP contribution in [0.1, 0.15) is 37.4 Å². The Bertz CT molecular complexity index is 457. The van der Waals surface area contributed by atoms with E-state index in [0.717, 1.165) is 12.8 Å². The molecule has 1 aliphatic carbocycles. The van der Waals surface area contributed by atoms with E-state index < -0.39 is 0 Å². The molecule has 3 nitrogen and oxygen atoms in total. The van der Waals surface area contributed by atoms with Crippen LogP contribution >= 0.6 is 0 Å². The van der Waals surface area contributed by atoms with E-state index in [1.165, 1.54) is 18.9 Å². The van der Waals surface area contributed by atoms with E-state index in [9.17, 15) is 9.18 Å². The van der Waals surface area contributed by atoms with Crippen LogP contribution in [-0.4, -0.2) is 23.4 Å². The Kier molecular flexibility index (Phi) is 3.04. The molecule has 1 aromatic carbocycles. The second-order valence-electron chi connectivity index (χ2n) is 5.04. The van der Waals surface area contributed by atoms with Crippen molar-refractivity contribution in [2.24, 2.45) is 0 Å². The summed E-state index contributed by atoms with van der Waals surface area (Å²) in [4.78, 5) is 13.8. The minimum Gasteiger partial charge on any atom is -0.319 e. The molecule has 2 aliphatic rings. The molecule has 1 aromatic rings. The first-order chi connectivity index (χ1) is 8.77. The van der Waals surface area contributed by atoms with Gasteiger partial charge in [-0.25, -0.2) is 4.39 Å².